The molecular formula is C18H18ClN5O2S. The summed E-state index contributed by atoms with van der Waals surface area (Å²) in [5.74, 6) is -0.193. The highest BCUT2D eigenvalue weighted by Gasteiger charge is 2.18. The standard InChI is InChI=1S/C18H18ClN5O2S/c19-13-3-5-14(6-4-13)24-11-12(10-22-24)9-21-17(25)8-15(23-18(20)26)16-2-1-7-27-16/h1-7,10-11,15H,8-9H2,(H,21,25)(H3,20,23,26). The van der Waals surface area contributed by atoms with Crippen LogP contribution in [0.15, 0.2) is 54.2 Å². The molecule has 3 amide bonds. The third-order valence-electron chi connectivity index (χ3n) is 3.81. The van der Waals surface area contributed by atoms with Crippen molar-refractivity contribution < 1.29 is 9.59 Å². The number of nitrogens with two attached hydrogens (primary N) is 1. The summed E-state index contributed by atoms with van der Waals surface area (Å²) in [5.41, 5.74) is 6.94. The Morgan fingerprint density at radius 1 is 1.26 bits per heavy atom. The van der Waals surface area contributed by atoms with Crippen molar-refractivity contribution in [3.63, 3.8) is 0 Å². The van der Waals surface area contributed by atoms with Gasteiger partial charge in [-0.1, -0.05) is 17.7 Å². The van der Waals surface area contributed by atoms with E-state index in [0.717, 1.165) is 16.1 Å². The third-order valence-corrected chi connectivity index (χ3v) is 5.05. The number of halogens is 1. The van der Waals surface area contributed by atoms with Crippen LogP contribution < -0.4 is 16.4 Å². The number of nitrogens with one attached hydrogen (secondary N) is 2. The van der Waals surface area contributed by atoms with E-state index in [1.54, 1.807) is 23.0 Å². The summed E-state index contributed by atoms with van der Waals surface area (Å²) in [7, 11) is 0. The lowest BCUT2D eigenvalue weighted by molar-refractivity contribution is -0.121. The Labute approximate surface area is 165 Å². The number of rotatable bonds is 7. The van der Waals surface area contributed by atoms with E-state index in [2.05, 4.69) is 15.7 Å². The number of hydrogen-bond donors (Lipinski definition) is 3. The molecule has 0 aliphatic carbocycles. The average molecular weight is 404 g/mol. The van der Waals surface area contributed by atoms with Crippen LogP contribution in [-0.4, -0.2) is 21.7 Å². The van der Waals surface area contributed by atoms with Crippen molar-refractivity contribution >= 4 is 34.9 Å². The van der Waals surface area contributed by atoms with Crippen LogP contribution in [0.2, 0.25) is 5.02 Å². The molecule has 1 atom stereocenters. The van der Waals surface area contributed by atoms with E-state index in [9.17, 15) is 9.59 Å². The van der Waals surface area contributed by atoms with Crippen LogP contribution in [0, 0.1) is 0 Å². The first-order valence-electron chi connectivity index (χ1n) is 8.17. The molecule has 0 aliphatic heterocycles. The Morgan fingerprint density at radius 3 is 2.70 bits per heavy atom. The molecule has 0 bridgehead atoms. The summed E-state index contributed by atoms with van der Waals surface area (Å²) in [4.78, 5) is 24.3. The molecular weight excluding hydrogens is 386 g/mol. The molecule has 0 fully saturated rings. The minimum atomic E-state index is -0.662. The van der Waals surface area contributed by atoms with Crippen molar-refractivity contribution in [2.75, 3.05) is 0 Å². The molecule has 27 heavy (non-hydrogen) atoms. The van der Waals surface area contributed by atoms with Gasteiger partial charge in [0.2, 0.25) is 5.91 Å². The Hall–Kier alpha value is -2.84. The molecule has 9 heteroatoms. The summed E-state index contributed by atoms with van der Waals surface area (Å²) < 4.78 is 1.71. The van der Waals surface area contributed by atoms with Gasteiger partial charge in [-0.2, -0.15) is 5.10 Å². The molecule has 0 spiro atoms. The van der Waals surface area contributed by atoms with Crippen LogP contribution >= 0.6 is 22.9 Å². The quantitative estimate of drug-likeness (QED) is 0.565. The van der Waals surface area contributed by atoms with E-state index in [-0.39, 0.29) is 12.3 Å². The number of carbonyl (C=O) groups excluding carboxylic acids is 2. The second-order valence-corrected chi connectivity index (χ2v) is 7.24. The van der Waals surface area contributed by atoms with E-state index in [1.807, 2.05) is 35.8 Å². The van der Waals surface area contributed by atoms with Gasteiger partial charge in [-0.25, -0.2) is 9.48 Å². The lowest BCUT2D eigenvalue weighted by Gasteiger charge is -2.15. The Bertz CT molecular complexity index is 908. The third kappa shape index (κ3) is 5.32. The van der Waals surface area contributed by atoms with Crippen LogP contribution in [0.4, 0.5) is 4.79 Å². The van der Waals surface area contributed by atoms with Crippen molar-refractivity contribution in [2.45, 2.75) is 19.0 Å². The summed E-state index contributed by atoms with van der Waals surface area (Å²) in [6.45, 7) is 0.333. The second kappa shape index (κ2) is 8.70. The van der Waals surface area contributed by atoms with E-state index in [0.29, 0.717) is 11.6 Å². The molecule has 3 rings (SSSR count). The normalized spacial score (nSPS) is 11.7. The fourth-order valence-corrected chi connectivity index (χ4v) is 3.43. The maximum Gasteiger partial charge on any atom is 0.312 e. The summed E-state index contributed by atoms with van der Waals surface area (Å²) in [6, 6.07) is 9.91. The van der Waals surface area contributed by atoms with Gasteiger partial charge in [-0.3, -0.25) is 4.79 Å². The number of aromatic nitrogens is 2. The van der Waals surface area contributed by atoms with E-state index in [4.69, 9.17) is 17.3 Å². The molecule has 3 aromatic rings. The van der Waals surface area contributed by atoms with Crippen LogP contribution in [0.5, 0.6) is 0 Å². The van der Waals surface area contributed by atoms with Gasteiger partial charge in [0.05, 0.1) is 24.3 Å². The first kappa shape index (κ1) is 18.9. The molecule has 4 N–H and O–H groups in total. The van der Waals surface area contributed by atoms with E-state index >= 15 is 0 Å². The van der Waals surface area contributed by atoms with Gasteiger partial charge in [0, 0.05) is 28.2 Å². The molecule has 0 aliphatic rings. The molecule has 1 unspecified atom stereocenters. The zero-order valence-corrected chi connectivity index (χ0v) is 15.8. The number of hydrogen-bond acceptors (Lipinski definition) is 4. The zero-order chi connectivity index (χ0) is 19.2. The number of primary amides is 1. The predicted molar refractivity (Wildman–Crippen MR) is 105 cm³/mol. The van der Waals surface area contributed by atoms with Gasteiger partial charge >= 0.3 is 6.03 Å². The molecule has 2 aromatic heterocycles. The Morgan fingerprint density at radius 2 is 2.04 bits per heavy atom. The fraction of sp³-hybridized carbons (Fsp3) is 0.167. The monoisotopic (exact) mass is 403 g/mol. The van der Waals surface area contributed by atoms with Crippen LogP contribution in [0.25, 0.3) is 5.69 Å². The maximum atomic E-state index is 12.3. The second-order valence-electron chi connectivity index (χ2n) is 5.83. The van der Waals surface area contributed by atoms with Gasteiger partial charge in [0.15, 0.2) is 0 Å². The van der Waals surface area contributed by atoms with E-state index in [1.165, 1.54) is 11.3 Å². The highest BCUT2D eigenvalue weighted by molar-refractivity contribution is 7.10. The molecule has 140 valence electrons. The fourth-order valence-electron chi connectivity index (χ4n) is 2.53. The van der Waals surface area contributed by atoms with Gasteiger partial charge in [-0.15, -0.1) is 11.3 Å². The summed E-state index contributed by atoms with van der Waals surface area (Å²) in [6.07, 6.45) is 3.63. The van der Waals surface area contributed by atoms with Crippen molar-refractivity contribution in [3.05, 3.63) is 69.6 Å². The van der Waals surface area contributed by atoms with Crippen LogP contribution in [-0.2, 0) is 11.3 Å². The van der Waals surface area contributed by atoms with Crippen LogP contribution in [0.1, 0.15) is 22.9 Å². The lowest BCUT2D eigenvalue weighted by atomic mass is 10.1. The van der Waals surface area contributed by atoms with Crippen molar-refractivity contribution in [3.8, 4) is 5.69 Å². The van der Waals surface area contributed by atoms with Crippen molar-refractivity contribution in [1.82, 2.24) is 20.4 Å². The maximum absolute atomic E-state index is 12.3. The molecule has 1 aromatic carbocycles. The number of thiophene rings is 1. The molecule has 0 saturated carbocycles. The highest BCUT2D eigenvalue weighted by Crippen LogP contribution is 2.22. The molecule has 0 saturated heterocycles. The largest absolute Gasteiger partial charge is 0.352 e. The Balaban J connectivity index is 1.57. The summed E-state index contributed by atoms with van der Waals surface area (Å²) in [5, 5.41) is 12.3. The number of benzene rings is 1. The highest BCUT2D eigenvalue weighted by atomic mass is 35.5. The summed E-state index contributed by atoms with van der Waals surface area (Å²) >= 11 is 7.35. The van der Waals surface area contributed by atoms with Gasteiger partial charge < -0.3 is 16.4 Å². The SMILES string of the molecule is NC(=O)NC(CC(=O)NCc1cnn(-c2ccc(Cl)cc2)c1)c1cccs1. The number of amides is 3. The molecule has 0 radical (unpaired) electrons. The minimum Gasteiger partial charge on any atom is -0.352 e. The first-order chi connectivity index (χ1) is 13.0. The van der Waals surface area contributed by atoms with Gasteiger partial charge in [-0.05, 0) is 35.7 Å². The molecule has 2 heterocycles. The number of carbonyl (C=O) groups is 2. The van der Waals surface area contributed by atoms with Gasteiger partial charge in [0.25, 0.3) is 0 Å². The number of urea groups is 1. The number of nitrogens with zero attached hydrogens (tertiary/aromatic N) is 2. The topological polar surface area (TPSA) is 102 Å². The minimum absolute atomic E-state index is 0.106. The first-order valence-corrected chi connectivity index (χ1v) is 9.42. The van der Waals surface area contributed by atoms with Crippen LogP contribution in [0.3, 0.4) is 0 Å². The Kier molecular flexibility index (Phi) is 6.10. The predicted octanol–water partition coefficient (Wildman–Crippen LogP) is 3.00. The van der Waals surface area contributed by atoms with Gasteiger partial charge in [0.1, 0.15) is 0 Å². The molecule has 7 nitrogen and oxygen atoms in total. The average Bonchev–Trinajstić information content (AvgIpc) is 3.32. The van der Waals surface area contributed by atoms with Crippen molar-refractivity contribution in [2.24, 2.45) is 5.73 Å². The smallest absolute Gasteiger partial charge is 0.312 e. The zero-order valence-electron chi connectivity index (χ0n) is 14.3. The van der Waals surface area contributed by atoms with Crippen molar-refractivity contribution in [1.29, 1.82) is 0 Å². The lowest BCUT2D eigenvalue weighted by Crippen LogP contribution is -2.36. The van der Waals surface area contributed by atoms with E-state index < -0.39 is 12.1 Å².